The van der Waals surface area contributed by atoms with Crippen molar-refractivity contribution < 1.29 is 13.2 Å². The molecule has 1 aromatic heterocycles. The number of hydrogen-bond acceptors (Lipinski definition) is 4. The van der Waals surface area contributed by atoms with Crippen LogP contribution in [0, 0.1) is 17.5 Å². The van der Waals surface area contributed by atoms with E-state index in [9.17, 15) is 13.2 Å². The van der Waals surface area contributed by atoms with E-state index in [4.69, 9.17) is 0 Å². The molecule has 0 aliphatic heterocycles. The number of nitrogens with one attached hydrogen (secondary N) is 2. The average Bonchev–Trinajstić information content (AvgIpc) is 2.41. The van der Waals surface area contributed by atoms with Crippen molar-refractivity contribution in [3.8, 4) is 0 Å². The van der Waals surface area contributed by atoms with Crippen molar-refractivity contribution in [3.63, 3.8) is 0 Å². The van der Waals surface area contributed by atoms with Crippen molar-refractivity contribution >= 4 is 17.3 Å². The van der Waals surface area contributed by atoms with Gasteiger partial charge >= 0.3 is 0 Å². The van der Waals surface area contributed by atoms with Crippen molar-refractivity contribution in [2.24, 2.45) is 0 Å². The highest BCUT2D eigenvalue weighted by atomic mass is 19.1. The highest BCUT2D eigenvalue weighted by molar-refractivity contribution is 5.58. The van der Waals surface area contributed by atoms with E-state index in [0.717, 1.165) is 6.42 Å². The lowest BCUT2D eigenvalue weighted by Gasteiger charge is -2.09. The summed E-state index contributed by atoms with van der Waals surface area (Å²) < 4.78 is 39.8. The standard InChI is InChI=1S/C13H13F3N4/c1-2-3-18-11-6-17-7-12(19-11)20-13-9(15)4-8(14)5-10(13)16/h4-7H,2-3H2,1H3,(H2,18,19,20). The Kier molecular flexibility index (Phi) is 4.39. The second-order valence-corrected chi connectivity index (χ2v) is 4.09. The van der Waals surface area contributed by atoms with Crippen LogP contribution in [0.2, 0.25) is 0 Å². The van der Waals surface area contributed by atoms with Crippen LogP contribution in [0.3, 0.4) is 0 Å². The number of aromatic nitrogens is 2. The quantitative estimate of drug-likeness (QED) is 0.881. The van der Waals surface area contributed by atoms with Crippen LogP contribution in [0.4, 0.5) is 30.5 Å². The SMILES string of the molecule is CCCNc1cncc(Nc2c(F)cc(F)cc2F)n1. The zero-order valence-electron chi connectivity index (χ0n) is 10.8. The fraction of sp³-hybridized carbons (Fsp3) is 0.231. The molecule has 0 radical (unpaired) electrons. The molecule has 0 fully saturated rings. The van der Waals surface area contributed by atoms with Gasteiger partial charge in [-0.1, -0.05) is 6.92 Å². The third-order valence-electron chi connectivity index (χ3n) is 2.45. The van der Waals surface area contributed by atoms with Crippen LogP contribution in [0.5, 0.6) is 0 Å². The van der Waals surface area contributed by atoms with Gasteiger partial charge in [0.1, 0.15) is 17.3 Å². The molecule has 2 aromatic rings. The summed E-state index contributed by atoms with van der Waals surface area (Å²) in [5, 5.41) is 5.45. The summed E-state index contributed by atoms with van der Waals surface area (Å²) in [4.78, 5) is 8.00. The predicted octanol–water partition coefficient (Wildman–Crippen LogP) is 3.46. The molecule has 0 unspecified atom stereocenters. The topological polar surface area (TPSA) is 49.8 Å². The first-order valence-corrected chi connectivity index (χ1v) is 6.07. The molecule has 0 aliphatic rings. The minimum Gasteiger partial charge on any atom is -0.369 e. The Bertz CT molecular complexity index is 581. The van der Waals surface area contributed by atoms with E-state index < -0.39 is 23.1 Å². The van der Waals surface area contributed by atoms with Crippen LogP contribution < -0.4 is 10.6 Å². The molecule has 0 atom stereocenters. The van der Waals surface area contributed by atoms with Gasteiger partial charge in [0.15, 0.2) is 17.5 Å². The Morgan fingerprint density at radius 2 is 1.70 bits per heavy atom. The summed E-state index contributed by atoms with van der Waals surface area (Å²) in [5.41, 5.74) is -0.464. The number of halogens is 3. The second kappa shape index (κ2) is 6.23. The van der Waals surface area contributed by atoms with Gasteiger partial charge in [0.05, 0.1) is 12.4 Å². The predicted molar refractivity (Wildman–Crippen MR) is 70.4 cm³/mol. The maximum Gasteiger partial charge on any atom is 0.152 e. The molecule has 0 saturated carbocycles. The van der Waals surface area contributed by atoms with Crippen LogP contribution >= 0.6 is 0 Å². The van der Waals surface area contributed by atoms with Gasteiger partial charge in [0.25, 0.3) is 0 Å². The van der Waals surface area contributed by atoms with Crippen molar-refractivity contribution in [1.82, 2.24) is 9.97 Å². The monoisotopic (exact) mass is 282 g/mol. The highest BCUT2D eigenvalue weighted by Crippen LogP contribution is 2.23. The van der Waals surface area contributed by atoms with Crippen LogP contribution in [-0.4, -0.2) is 16.5 Å². The number of hydrogen-bond donors (Lipinski definition) is 2. The molecule has 1 heterocycles. The molecule has 0 amide bonds. The molecule has 4 nitrogen and oxygen atoms in total. The van der Waals surface area contributed by atoms with Gasteiger partial charge in [-0.25, -0.2) is 18.2 Å². The van der Waals surface area contributed by atoms with E-state index in [1.54, 1.807) is 0 Å². The van der Waals surface area contributed by atoms with E-state index in [-0.39, 0.29) is 5.82 Å². The van der Waals surface area contributed by atoms with Crippen molar-refractivity contribution in [2.75, 3.05) is 17.2 Å². The molecule has 20 heavy (non-hydrogen) atoms. The van der Waals surface area contributed by atoms with E-state index >= 15 is 0 Å². The maximum absolute atomic E-state index is 13.5. The zero-order valence-corrected chi connectivity index (χ0v) is 10.8. The Labute approximate surface area is 114 Å². The summed E-state index contributed by atoms with van der Waals surface area (Å²) in [6, 6.07) is 1.19. The van der Waals surface area contributed by atoms with E-state index in [0.29, 0.717) is 24.5 Å². The summed E-state index contributed by atoms with van der Waals surface area (Å²) in [6.07, 6.45) is 3.72. The van der Waals surface area contributed by atoms with E-state index in [1.165, 1.54) is 12.4 Å². The molecule has 2 N–H and O–H groups in total. The third-order valence-corrected chi connectivity index (χ3v) is 2.45. The minimum atomic E-state index is -1.03. The molecule has 0 spiro atoms. The van der Waals surface area contributed by atoms with Gasteiger partial charge in [-0.2, -0.15) is 0 Å². The van der Waals surface area contributed by atoms with Gasteiger partial charge in [0, 0.05) is 18.7 Å². The zero-order chi connectivity index (χ0) is 14.5. The Morgan fingerprint density at radius 3 is 2.35 bits per heavy atom. The van der Waals surface area contributed by atoms with E-state index in [2.05, 4.69) is 20.6 Å². The molecule has 2 rings (SSSR count). The fourth-order valence-electron chi connectivity index (χ4n) is 1.55. The molecule has 0 bridgehead atoms. The number of benzene rings is 1. The number of anilines is 3. The Hall–Kier alpha value is -2.31. The summed E-state index contributed by atoms with van der Waals surface area (Å²) in [5.74, 6) is -2.39. The summed E-state index contributed by atoms with van der Waals surface area (Å²) >= 11 is 0. The summed E-state index contributed by atoms with van der Waals surface area (Å²) in [6.45, 7) is 2.70. The van der Waals surface area contributed by atoms with Gasteiger partial charge in [-0.15, -0.1) is 0 Å². The molecule has 7 heteroatoms. The largest absolute Gasteiger partial charge is 0.369 e. The Balaban J connectivity index is 2.22. The number of rotatable bonds is 5. The van der Waals surface area contributed by atoms with Crippen molar-refractivity contribution in [1.29, 1.82) is 0 Å². The van der Waals surface area contributed by atoms with Gasteiger partial charge < -0.3 is 10.6 Å². The van der Waals surface area contributed by atoms with Gasteiger partial charge in [-0.05, 0) is 6.42 Å². The first-order valence-electron chi connectivity index (χ1n) is 6.07. The molecular weight excluding hydrogens is 269 g/mol. The van der Waals surface area contributed by atoms with Crippen LogP contribution in [-0.2, 0) is 0 Å². The van der Waals surface area contributed by atoms with Crippen LogP contribution in [0.15, 0.2) is 24.5 Å². The Morgan fingerprint density at radius 1 is 1.05 bits per heavy atom. The second-order valence-electron chi connectivity index (χ2n) is 4.09. The lowest BCUT2D eigenvalue weighted by molar-refractivity contribution is 0.548. The molecule has 1 aromatic carbocycles. The first kappa shape index (κ1) is 14.1. The molecule has 106 valence electrons. The number of nitrogens with zero attached hydrogens (tertiary/aromatic N) is 2. The van der Waals surface area contributed by atoms with Crippen LogP contribution in [0.25, 0.3) is 0 Å². The van der Waals surface area contributed by atoms with Crippen molar-refractivity contribution in [3.05, 3.63) is 42.0 Å². The van der Waals surface area contributed by atoms with Crippen LogP contribution in [0.1, 0.15) is 13.3 Å². The fourth-order valence-corrected chi connectivity index (χ4v) is 1.55. The highest BCUT2D eigenvalue weighted by Gasteiger charge is 2.12. The third kappa shape index (κ3) is 3.37. The van der Waals surface area contributed by atoms with Gasteiger partial charge in [-0.3, -0.25) is 4.98 Å². The normalized spacial score (nSPS) is 10.4. The maximum atomic E-state index is 13.5. The lowest BCUT2D eigenvalue weighted by atomic mass is 10.3. The molecule has 0 aliphatic carbocycles. The van der Waals surface area contributed by atoms with Gasteiger partial charge in [0.2, 0.25) is 0 Å². The van der Waals surface area contributed by atoms with E-state index in [1.807, 2.05) is 6.92 Å². The minimum absolute atomic E-state index is 0.163. The molecular formula is C13H13F3N4. The first-order chi connectivity index (χ1) is 9.60. The lowest BCUT2D eigenvalue weighted by Crippen LogP contribution is -2.05. The molecule has 0 saturated heterocycles. The van der Waals surface area contributed by atoms with Crippen molar-refractivity contribution in [2.45, 2.75) is 13.3 Å². The average molecular weight is 282 g/mol. The summed E-state index contributed by atoms with van der Waals surface area (Å²) in [7, 11) is 0. The smallest absolute Gasteiger partial charge is 0.152 e.